The zero-order valence-electron chi connectivity index (χ0n) is 17.4. The molecule has 1 aliphatic rings. The fourth-order valence-corrected chi connectivity index (χ4v) is 3.53. The first-order valence-corrected chi connectivity index (χ1v) is 9.87. The van der Waals surface area contributed by atoms with E-state index in [1.54, 1.807) is 53.6 Å². The minimum Gasteiger partial charge on any atom is -0.493 e. The number of aromatic nitrogens is 3. The molecule has 1 N–H and O–H groups in total. The van der Waals surface area contributed by atoms with Crippen molar-refractivity contribution in [2.45, 2.75) is 0 Å². The van der Waals surface area contributed by atoms with Crippen LogP contribution in [0.15, 0.2) is 48.8 Å². The topological polar surface area (TPSA) is 101 Å². The predicted molar refractivity (Wildman–Crippen MR) is 113 cm³/mol. The monoisotopic (exact) mass is 421 g/mol. The Morgan fingerprint density at radius 3 is 2.29 bits per heavy atom. The first-order valence-electron chi connectivity index (χ1n) is 9.87. The summed E-state index contributed by atoms with van der Waals surface area (Å²) in [7, 11) is 3.08. The van der Waals surface area contributed by atoms with Crippen molar-refractivity contribution >= 4 is 11.8 Å². The lowest BCUT2D eigenvalue weighted by atomic mass is 10.1. The second-order valence-electron chi connectivity index (χ2n) is 7.06. The van der Waals surface area contributed by atoms with E-state index in [-0.39, 0.29) is 11.8 Å². The number of carbonyl (C=O) groups is 2. The molecule has 1 aliphatic heterocycles. The van der Waals surface area contributed by atoms with E-state index >= 15 is 0 Å². The number of aromatic amines is 1. The Hall–Kier alpha value is -3.88. The maximum absolute atomic E-state index is 12.9. The number of piperazine rings is 1. The Labute approximate surface area is 179 Å². The summed E-state index contributed by atoms with van der Waals surface area (Å²) in [6.07, 6.45) is 3.38. The molecule has 0 aliphatic carbocycles. The van der Waals surface area contributed by atoms with Crippen molar-refractivity contribution in [1.82, 2.24) is 25.0 Å². The summed E-state index contributed by atoms with van der Waals surface area (Å²) in [5, 5.41) is 7.03. The maximum Gasteiger partial charge on any atom is 0.272 e. The van der Waals surface area contributed by atoms with Gasteiger partial charge in [0.05, 0.1) is 19.9 Å². The van der Waals surface area contributed by atoms with Gasteiger partial charge in [0.1, 0.15) is 5.69 Å². The second kappa shape index (κ2) is 8.86. The lowest BCUT2D eigenvalue weighted by Gasteiger charge is -2.34. The van der Waals surface area contributed by atoms with Crippen LogP contribution in [0.25, 0.3) is 11.3 Å². The third-order valence-electron chi connectivity index (χ3n) is 5.25. The van der Waals surface area contributed by atoms with Crippen LogP contribution < -0.4 is 9.47 Å². The molecule has 0 radical (unpaired) electrons. The molecule has 0 unspecified atom stereocenters. The average Bonchev–Trinajstić information content (AvgIpc) is 3.33. The molecular weight excluding hydrogens is 398 g/mol. The fraction of sp³-hybridized carbons (Fsp3) is 0.273. The third kappa shape index (κ3) is 4.20. The fourth-order valence-electron chi connectivity index (χ4n) is 3.53. The quantitative estimate of drug-likeness (QED) is 0.677. The summed E-state index contributed by atoms with van der Waals surface area (Å²) in [5.41, 5.74) is 2.44. The zero-order valence-corrected chi connectivity index (χ0v) is 17.4. The number of methoxy groups -OCH3 is 2. The summed E-state index contributed by atoms with van der Waals surface area (Å²) in [6.45, 7) is 1.78. The van der Waals surface area contributed by atoms with Gasteiger partial charge in [0.15, 0.2) is 11.5 Å². The van der Waals surface area contributed by atoms with Gasteiger partial charge >= 0.3 is 0 Å². The molecule has 1 aromatic carbocycles. The molecule has 1 saturated heterocycles. The highest BCUT2D eigenvalue weighted by Crippen LogP contribution is 2.28. The smallest absolute Gasteiger partial charge is 0.272 e. The van der Waals surface area contributed by atoms with Gasteiger partial charge in [-0.25, -0.2) is 0 Å². The molecule has 3 aromatic rings. The van der Waals surface area contributed by atoms with Crippen molar-refractivity contribution < 1.29 is 19.1 Å². The summed E-state index contributed by atoms with van der Waals surface area (Å²) < 4.78 is 10.5. The molecule has 160 valence electrons. The van der Waals surface area contributed by atoms with E-state index in [0.717, 1.165) is 5.56 Å². The summed E-state index contributed by atoms with van der Waals surface area (Å²) in [5.74, 6) is 0.833. The largest absolute Gasteiger partial charge is 0.493 e. The van der Waals surface area contributed by atoms with E-state index in [2.05, 4.69) is 15.2 Å². The van der Waals surface area contributed by atoms with E-state index < -0.39 is 0 Å². The molecule has 0 atom stereocenters. The number of benzene rings is 1. The van der Waals surface area contributed by atoms with Gasteiger partial charge < -0.3 is 19.3 Å². The zero-order chi connectivity index (χ0) is 21.8. The van der Waals surface area contributed by atoms with Gasteiger partial charge in [-0.1, -0.05) is 0 Å². The minimum absolute atomic E-state index is 0.103. The lowest BCUT2D eigenvalue weighted by molar-refractivity contribution is 0.0532. The average molecular weight is 421 g/mol. The maximum atomic E-state index is 12.9. The van der Waals surface area contributed by atoms with Gasteiger partial charge in [-0.15, -0.1) is 0 Å². The Kier molecular flexibility index (Phi) is 5.83. The van der Waals surface area contributed by atoms with Crippen molar-refractivity contribution in [2.24, 2.45) is 0 Å². The van der Waals surface area contributed by atoms with E-state index in [4.69, 9.17) is 9.47 Å². The number of carbonyl (C=O) groups excluding carboxylic acids is 2. The van der Waals surface area contributed by atoms with Crippen LogP contribution in [0, 0.1) is 0 Å². The van der Waals surface area contributed by atoms with Gasteiger partial charge in [0.2, 0.25) is 0 Å². The first-order chi connectivity index (χ1) is 15.1. The van der Waals surface area contributed by atoms with Crippen molar-refractivity contribution in [3.8, 4) is 22.8 Å². The van der Waals surface area contributed by atoms with E-state index in [1.165, 1.54) is 7.11 Å². The number of nitrogens with zero attached hydrogens (tertiary/aromatic N) is 4. The van der Waals surface area contributed by atoms with Crippen molar-refractivity contribution in [3.05, 3.63) is 60.0 Å². The Bertz CT molecular complexity index is 1070. The van der Waals surface area contributed by atoms with Crippen molar-refractivity contribution in [3.63, 3.8) is 0 Å². The molecule has 2 amide bonds. The van der Waals surface area contributed by atoms with Crippen LogP contribution in [0.5, 0.6) is 11.5 Å². The molecule has 1 fully saturated rings. The Morgan fingerprint density at radius 2 is 1.65 bits per heavy atom. The minimum atomic E-state index is -0.138. The van der Waals surface area contributed by atoms with Gasteiger partial charge in [0, 0.05) is 49.7 Å². The molecule has 4 rings (SSSR count). The van der Waals surface area contributed by atoms with Crippen LogP contribution in [0.1, 0.15) is 20.8 Å². The summed E-state index contributed by atoms with van der Waals surface area (Å²) >= 11 is 0. The van der Waals surface area contributed by atoms with Crippen molar-refractivity contribution in [2.75, 3.05) is 40.4 Å². The number of rotatable bonds is 5. The molecule has 0 saturated carbocycles. The summed E-state index contributed by atoms with van der Waals surface area (Å²) in [4.78, 5) is 33.3. The van der Waals surface area contributed by atoms with Crippen LogP contribution in [0.4, 0.5) is 0 Å². The number of ether oxygens (including phenoxy) is 2. The number of nitrogens with one attached hydrogen (secondary N) is 1. The Balaban J connectivity index is 1.39. The van der Waals surface area contributed by atoms with Crippen LogP contribution in [-0.2, 0) is 0 Å². The second-order valence-corrected chi connectivity index (χ2v) is 7.06. The number of H-pyrrole nitrogens is 1. The number of pyridine rings is 1. The molecule has 0 spiro atoms. The molecule has 2 aromatic heterocycles. The van der Waals surface area contributed by atoms with E-state index in [1.807, 2.05) is 12.1 Å². The number of amides is 2. The third-order valence-corrected chi connectivity index (χ3v) is 5.25. The van der Waals surface area contributed by atoms with Crippen LogP contribution >= 0.6 is 0 Å². The van der Waals surface area contributed by atoms with Crippen LogP contribution in [0.2, 0.25) is 0 Å². The van der Waals surface area contributed by atoms with Crippen LogP contribution in [0.3, 0.4) is 0 Å². The predicted octanol–water partition coefficient (Wildman–Crippen LogP) is 2.09. The van der Waals surface area contributed by atoms with Gasteiger partial charge in [-0.2, -0.15) is 5.10 Å². The highest BCUT2D eigenvalue weighted by molar-refractivity contribution is 5.96. The van der Waals surface area contributed by atoms with Gasteiger partial charge in [-0.3, -0.25) is 19.7 Å². The normalized spacial score (nSPS) is 13.7. The SMILES string of the molecule is COc1ccc(C(=O)N2CCN(C(=O)c3cc(-c4cccnc4)n[nH]3)CC2)cc1OC. The number of hydrogen-bond acceptors (Lipinski definition) is 6. The summed E-state index contributed by atoms with van der Waals surface area (Å²) in [6, 6.07) is 10.5. The molecular formula is C22H23N5O4. The molecule has 9 nitrogen and oxygen atoms in total. The molecule has 0 bridgehead atoms. The molecule has 9 heteroatoms. The van der Waals surface area contributed by atoms with Crippen molar-refractivity contribution in [1.29, 1.82) is 0 Å². The number of hydrogen-bond donors (Lipinski definition) is 1. The van der Waals surface area contributed by atoms with Crippen LogP contribution in [-0.4, -0.2) is 77.2 Å². The first kappa shape index (κ1) is 20.4. The Morgan fingerprint density at radius 1 is 0.935 bits per heavy atom. The highest BCUT2D eigenvalue weighted by Gasteiger charge is 2.27. The van der Waals surface area contributed by atoms with Gasteiger partial charge in [-0.05, 0) is 36.4 Å². The van der Waals surface area contributed by atoms with Gasteiger partial charge in [0.25, 0.3) is 11.8 Å². The van der Waals surface area contributed by atoms with E-state index in [9.17, 15) is 9.59 Å². The van der Waals surface area contributed by atoms with E-state index in [0.29, 0.717) is 54.6 Å². The molecule has 3 heterocycles. The highest BCUT2D eigenvalue weighted by atomic mass is 16.5. The standard InChI is InChI=1S/C22H23N5O4/c1-30-19-6-5-15(12-20(19)31-2)21(28)26-8-10-27(11-9-26)22(29)18-13-17(24-25-18)16-4-3-7-23-14-16/h3-7,12-14H,8-11H2,1-2H3,(H,24,25). The molecule has 31 heavy (non-hydrogen) atoms. The lowest BCUT2D eigenvalue weighted by Crippen LogP contribution is -2.50.